The van der Waals surface area contributed by atoms with E-state index in [2.05, 4.69) is 52.5 Å². The molecule has 1 aromatic carbocycles. The number of hydrogen-bond donors (Lipinski definition) is 1. The molecule has 0 amide bonds. The first-order chi connectivity index (χ1) is 11.8. The lowest BCUT2D eigenvalue weighted by molar-refractivity contribution is 0.0622. The predicted octanol–water partition coefficient (Wildman–Crippen LogP) is 4.59. The monoisotopic (exact) mass is 339 g/mol. The molecule has 0 spiro atoms. The lowest BCUT2D eigenvalue weighted by Gasteiger charge is -2.28. The van der Waals surface area contributed by atoms with Crippen LogP contribution in [0.4, 0.5) is 5.82 Å². The zero-order valence-electron chi connectivity index (χ0n) is 13.7. The highest BCUT2D eigenvalue weighted by Gasteiger charge is 2.21. The molecule has 3 aromatic rings. The van der Waals surface area contributed by atoms with E-state index in [1.165, 1.54) is 10.4 Å². The molecule has 0 aliphatic carbocycles. The third-order valence-electron chi connectivity index (χ3n) is 4.73. The van der Waals surface area contributed by atoms with Crippen LogP contribution in [0.2, 0.25) is 0 Å². The highest BCUT2D eigenvalue weighted by Crippen LogP contribution is 2.35. The SMILES string of the molecule is CC(Nc1ncnc2sc(-c3ccccc3)cc12)C1CCOCC1. The Bertz CT molecular complexity index is 812. The number of ether oxygens (including phenoxy) is 1. The standard InChI is InChI=1S/C19H21N3OS/c1-13(14-7-9-23-10-8-14)22-18-16-11-17(15-5-3-2-4-6-15)24-19(16)21-12-20-18/h2-6,11-14H,7-10H2,1H3,(H,20,21,22). The van der Waals surface area contributed by atoms with Crippen molar-refractivity contribution in [3.8, 4) is 10.4 Å². The molecule has 1 saturated heterocycles. The van der Waals surface area contributed by atoms with Gasteiger partial charge < -0.3 is 10.1 Å². The second kappa shape index (κ2) is 6.87. The van der Waals surface area contributed by atoms with Crippen molar-refractivity contribution in [1.82, 2.24) is 9.97 Å². The molecule has 124 valence electrons. The third-order valence-corrected chi connectivity index (χ3v) is 5.82. The van der Waals surface area contributed by atoms with E-state index in [-0.39, 0.29) is 0 Å². The fourth-order valence-corrected chi connectivity index (χ4v) is 4.27. The van der Waals surface area contributed by atoms with E-state index in [1.807, 2.05) is 6.07 Å². The van der Waals surface area contributed by atoms with Gasteiger partial charge in [0.15, 0.2) is 0 Å². The summed E-state index contributed by atoms with van der Waals surface area (Å²) < 4.78 is 5.47. The van der Waals surface area contributed by atoms with Crippen molar-refractivity contribution in [2.75, 3.05) is 18.5 Å². The van der Waals surface area contributed by atoms with Gasteiger partial charge in [-0.1, -0.05) is 30.3 Å². The Balaban J connectivity index is 1.62. The van der Waals surface area contributed by atoms with Crippen molar-refractivity contribution in [3.05, 3.63) is 42.7 Å². The van der Waals surface area contributed by atoms with Crippen LogP contribution in [0.5, 0.6) is 0 Å². The molecule has 1 atom stereocenters. The van der Waals surface area contributed by atoms with Gasteiger partial charge in [0, 0.05) is 24.1 Å². The van der Waals surface area contributed by atoms with Crippen molar-refractivity contribution >= 4 is 27.4 Å². The lowest BCUT2D eigenvalue weighted by atomic mass is 9.93. The van der Waals surface area contributed by atoms with Gasteiger partial charge in [-0.25, -0.2) is 9.97 Å². The van der Waals surface area contributed by atoms with Gasteiger partial charge >= 0.3 is 0 Å². The molecule has 0 saturated carbocycles. The van der Waals surface area contributed by atoms with E-state index < -0.39 is 0 Å². The third kappa shape index (κ3) is 3.14. The van der Waals surface area contributed by atoms with Gasteiger partial charge in [0.2, 0.25) is 0 Å². The molecule has 2 aromatic heterocycles. The summed E-state index contributed by atoms with van der Waals surface area (Å²) in [6.45, 7) is 3.98. The van der Waals surface area contributed by atoms with E-state index in [4.69, 9.17) is 4.74 Å². The van der Waals surface area contributed by atoms with Crippen LogP contribution in [0.15, 0.2) is 42.7 Å². The van der Waals surface area contributed by atoms with Crippen molar-refractivity contribution < 1.29 is 4.74 Å². The Kier molecular flexibility index (Phi) is 4.45. The number of nitrogens with one attached hydrogen (secondary N) is 1. The van der Waals surface area contributed by atoms with Gasteiger partial charge in [-0.3, -0.25) is 0 Å². The van der Waals surface area contributed by atoms with Crippen molar-refractivity contribution in [1.29, 1.82) is 0 Å². The summed E-state index contributed by atoms with van der Waals surface area (Å²) in [5, 5.41) is 4.73. The maximum Gasteiger partial charge on any atom is 0.138 e. The molecule has 1 N–H and O–H groups in total. The normalized spacial score (nSPS) is 17.0. The van der Waals surface area contributed by atoms with Gasteiger partial charge in [0.25, 0.3) is 0 Å². The average Bonchev–Trinajstić information content (AvgIpc) is 3.08. The minimum atomic E-state index is 0.382. The van der Waals surface area contributed by atoms with Crippen LogP contribution >= 0.6 is 11.3 Å². The number of thiophene rings is 1. The molecule has 5 heteroatoms. The van der Waals surface area contributed by atoms with Gasteiger partial charge in [-0.15, -0.1) is 11.3 Å². The van der Waals surface area contributed by atoms with E-state index >= 15 is 0 Å². The van der Waals surface area contributed by atoms with Crippen LogP contribution in [-0.4, -0.2) is 29.2 Å². The first kappa shape index (κ1) is 15.5. The number of hydrogen-bond acceptors (Lipinski definition) is 5. The van der Waals surface area contributed by atoms with Crippen LogP contribution in [0.25, 0.3) is 20.7 Å². The maximum atomic E-state index is 5.47. The van der Waals surface area contributed by atoms with Crippen molar-refractivity contribution in [3.63, 3.8) is 0 Å². The molecule has 4 nitrogen and oxygen atoms in total. The maximum absolute atomic E-state index is 5.47. The van der Waals surface area contributed by atoms with Crippen LogP contribution in [0, 0.1) is 5.92 Å². The largest absolute Gasteiger partial charge is 0.381 e. The smallest absolute Gasteiger partial charge is 0.138 e. The van der Waals surface area contributed by atoms with Gasteiger partial charge in [0.1, 0.15) is 17.0 Å². The van der Waals surface area contributed by atoms with Gasteiger partial charge in [-0.2, -0.15) is 0 Å². The summed E-state index contributed by atoms with van der Waals surface area (Å²) in [7, 11) is 0. The number of rotatable bonds is 4. The minimum absolute atomic E-state index is 0.382. The van der Waals surface area contributed by atoms with Crippen molar-refractivity contribution in [2.24, 2.45) is 5.92 Å². The van der Waals surface area contributed by atoms with E-state index in [0.29, 0.717) is 12.0 Å². The molecule has 1 fully saturated rings. The second-order valence-electron chi connectivity index (χ2n) is 6.30. The molecule has 1 unspecified atom stereocenters. The topological polar surface area (TPSA) is 47.0 Å². The van der Waals surface area contributed by atoms with Crippen LogP contribution < -0.4 is 5.32 Å². The Labute approximate surface area is 145 Å². The van der Waals surface area contributed by atoms with Gasteiger partial charge in [0.05, 0.1) is 5.39 Å². The number of aromatic nitrogens is 2. The minimum Gasteiger partial charge on any atom is -0.381 e. The van der Waals surface area contributed by atoms with E-state index in [1.54, 1.807) is 17.7 Å². The zero-order valence-corrected chi connectivity index (χ0v) is 14.6. The molecule has 1 aliphatic heterocycles. The number of anilines is 1. The van der Waals surface area contributed by atoms with Gasteiger partial charge in [-0.05, 0) is 37.3 Å². The fraction of sp³-hybridized carbons (Fsp3) is 0.368. The van der Waals surface area contributed by atoms with E-state index in [9.17, 15) is 0 Å². The summed E-state index contributed by atoms with van der Waals surface area (Å²) in [6.07, 6.45) is 3.88. The summed E-state index contributed by atoms with van der Waals surface area (Å²) in [6, 6.07) is 13.0. The second-order valence-corrected chi connectivity index (χ2v) is 7.33. The summed E-state index contributed by atoms with van der Waals surface area (Å²) in [4.78, 5) is 11.2. The first-order valence-corrected chi connectivity index (χ1v) is 9.27. The molecular weight excluding hydrogens is 318 g/mol. The fourth-order valence-electron chi connectivity index (χ4n) is 3.26. The Morgan fingerprint density at radius 2 is 1.96 bits per heavy atom. The quantitative estimate of drug-likeness (QED) is 0.755. The average molecular weight is 339 g/mol. The lowest BCUT2D eigenvalue weighted by Crippen LogP contribution is -2.31. The number of fused-ring (bicyclic) bond motifs is 1. The van der Waals surface area contributed by atoms with Crippen LogP contribution in [-0.2, 0) is 4.74 Å². The Morgan fingerprint density at radius 1 is 1.17 bits per heavy atom. The molecule has 1 aliphatic rings. The first-order valence-electron chi connectivity index (χ1n) is 8.45. The number of benzene rings is 1. The van der Waals surface area contributed by atoms with Crippen molar-refractivity contribution in [2.45, 2.75) is 25.8 Å². The molecule has 24 heavy (non-hydrogen) atoms. The summed E-state index contributed by atoms with van der Waals surface area (Å²) >= 11 is 1.72. The Hall–Kier alpha value is -1.98. The molecule has 3 heterocycles. The summed E-state index contributed by atoms with van der Waals surface area (Å²) in [5.74, 6) is 1.58. The molecular formula is C19H21N3OS. The highest BCUT2D eigenvalue weighted by molar-refractivity contribution is 7.21. The molecule has 0 radical (unpaired) electrons. The molecule has 0 bridgehead atoms. The van der Waals surface area contributed by atoms with E-state index in [0.717, 1.165) is 42.1 Å². The van der Waals surface area contributed by atoms with Crippen LogP contribution in [0.1, 0.15) is 19.8 Å². The number of nitrogens with zero attached hydrogens (tertiary/aromatic N) is 2. The van der Waals surface area contributed by atoms with Crippen LogP contribution in [0.3, 0.4) is 0 Å². The predicted molar refractivity (Wildman–Crippen MR) is 99.5 cm³/mol. The zero-order chi connectivity index (χ0) is 16.4. The molecule has 4 rings (SSSR count). The summed E-state index contributed by atoms with van der Waals surface area (Å²) in [5.41, 5.74) is 1.23. The highest BCUT2D eigenvalue weighted by atomic mass is 32.1. The Morgan fingerprint density at radius 3 is 2.75 bits per heavy atom.